The second-order valence-electron chi connectivity index (χ2n) is 17.1. The fourth-order valence-corrected chi connectivity index (χ4v) is 15.5. The predicted octanol–water partition coefficient (Wildman–Crippen LogP) is 10.6. The number of rotatable bonds is 17. The molecule has 0 N–H and O–H groups in total. The van der Waals surface area contributed by atoms with E-state index >= 15 is 0 Å². The summed E-state index contributed by atoms with van der Waals surface area (Å²) in [5, 5.41) is 9.75. The number of carbonyl (C=O) groups excluding carboxylic acids is 1. The van der Waals surface area contributed by atoms with Crippen LogP contribution < -0.4 is 0 Å². The average molecular weight is 726 g/mol. The van der Waals surface area contributed by atoms with E-state index in [1.807, 2.05) is 20.8 Å². The quantitative estimate of drug-likeness (QED) is 0.0485. The van der Waals surface area contributed by atoms with Crippen molar-refractivity contribution < 1.29 is 28.2 Å². The Morgan fingerprint density at radius 1 is 1.12 bits per heavy atom. The fourth-order valence-electron chi connectivity index (χ4n) is 10.0. The highest BCUT2D eigenvalue weighted by atomic mass is 28.4. The summed E-state index contributed by atoms with van der Waals surface area (Å²) in [7, 11) is -1.86. The molecule has 0 saturated carbocycles. The molecule has 0 spiro atoms. The van der Waals surface area contributed by atoms with Crippen LogP contribution in [0.1, 0.15) is 148 Å². The number of hydrogen-bond acceptors (Lipinski definition) is 7. The summed E-state index contributed by atoms with van der Waals surface area (Å²) < 4.78 is 31.9. The van der Waals surface area contributed by atoms with Crippen LogP contribution in [0.3, 0.4) is 0 Å². The van der Waals surface area contributed by atoms with Gasteiger partial charge >= 0.3 is 5.97 Å². The van der Waals surface area contributed by atoms with Gasteiger partial charge in [0.05, 0.1) is 30.8 Å². The molecule has 0 unspecified atom stereocenters. The van der Waals surface area contributed by atoms with E-state index in [-0.39, 0.29) is 36.3 Å². The van der Waals surface area contributed by atoms with Crippen molar-refractivity contribution in [3.05, 3.63) is 22.8 Å². The molecule has 2 saturated heterocycles. The minimum Gasteiger partial charge on any atom is -0.462 e. The number of ether oxygens (including phenoxy) is 4. The minimum absolute atomic E-state index is 0.0881. The second kappa shape index (κ2) is 18.9. The van der Waals surface area contributed by atoms with E-state index in [0.717, 1.165) is 45.1 Å². The maximum absolute atomic E-state index is 12.6. The molecule has 0 aromatic heterocycles. The van der Waals surface area contributed by atoms with E-state index in [1.54, 1.807) is 0 Å². The molecular formula is C43H71NO6Si. The van der Waals surface area contributed by atoms with Crippen molar-refractivity contribution in [1.29, 1.82) is 5.26 Å². The molecule has 2 heterocycles. The van der Waals surface area contributed by atoms with Gasteiger partial charge in [-0.05, 0) is 120 Å². The van der Waals surface area contributed by atoms with Gasteiger partial charge in [0.15, 0.2) is 14.1 Å². The van der Waals surface area contributed by atoms with Crippen molar-refractivity contribution in [3.8, 4) is 17.9 Å². The van der Waals surface area contributed by atoms with Crippen LogP contribution in [-0.4, -0.2) is 57.7 Å². The summed E-state index contributed by atoms with van der Waals surface area (Å²) in [4.78, 5) is 12.6. The Hall–Kier alpha value is -1.94. The number of esters is 1. The van der Waals surface area contributed by atoms with Crippen LogP contribution in [-0.2, 0) is 28.2 Å². The van der Waals surface area contributed by atoms with Gasteiger partial charge in [-0.2, -0.15) is 5.26 Å². The second-order valence-corrected chi connectivity index (χ2v) is 22.5. The number of carbonyl (C=O) groups is 1. The zero-order valence-electron chi connectivity index (χ0n) is 34.4. The predicted molar refractivity (Wildman–Crippen MR) is 208 cm³/mol. The molecule has 0 amide bonds. The molecular weight excluding hydrogens is 655 g/mol. The van der Waals surface area contributed by atoms with Gasteiger partial charge in [0, 0.05) is 25.4 Å². The molecule has 7 atom stereocenters. The van der Waals surface area contributed by atoms with Crippen molar-refractivity contribution in [2.24, 2.45) is 17.3 Å². The lowest BCUT2D eigenvalue weighted by Crippen LogP contribution is -2.48. The Morgan fingerprint density at radius 3 is 2.33 bits per heavy atom. The van der Waals surface area contributed by atoms with E-state index in [2.05, 4.69) is 86.3 Å². The first-order valence-corrected chi connectivity index (χ1v) is 22.0. The Labute approximate surface area is 312 Å². The summed E-state index contributed by atoms with van der Waals surface area (Å²) >= 11 is 0. The van der Waals surface area contributed by atoms with Crippen LogP contribution in [0.15, 0.2) is 22.8 Å². The Kier molecular flexibility index (Phi) is 16.1. The number of allylic oxidation sites excluding steroid dienone is 2. The topological polar surface area (TPSA) is 87.0 Å². The molecule has 3 rings (SSSR count). The van der Waals surface area contributed by atoms with Crippen LogP contribution in [0.2, 0.25) is 16.6 Å². The molecule has 1 aliphatic carbocycles. The molecule has 0 bridgehead atoms. The minimum atomic E-state index is -1.86. The third-order valence-corrected chi connectivity index (χ3v) is 18.4. The van der Waals surface area contributed by atoms with Crippen molar-refractivity contribution in [1.82, 2.24) is 0 Å². The Bertz CT molecular complexity index is 1310. The fraction of sp³-hybridized carbons (Fsp3) is 0.814. The standard InChI is InChI=1S/C43H71NO6Si/c1-14-18-38-34(10)37(39-28-46-42(12,13)50-39)22-24-43(38,23-17-25-44)40(48-35(11)45)21-15-19-32(8)41-33(9)27-36(49-41)20-16-26-47-51(29(2)3,30(4)5)31(6)7/h19,29-31,33,36,38-41H,15-17,20-24,26-28H2,1-13H3/b32-19+/t33-,36-,38+,39+,40-,41+,43+/m1/s1. The SMILES string of the molecule is CC#C[C@H]1C(C)=C([C@@H]2COC(C)(C)O2)CC[C@]1(CCC#N)[C@@H](CC/C=C(\C)[C@@H]1O[C@H](CCCO[Si](C(C)C)(C(C)C)C(C)C)C[C@H]1C)OC(C)=O. The van der Waals surface area contributed by atoms with Crippen LogP contribution in [0.25, 0.3) is 0 Å². The average Bonchev–Trinajstić information content (AvgIpc) is 3.60. The molecule has 3 aliphatic rings. The Balaban J connectivity index is 1.73. The zero-order valence-corrected chi connectivity index (χ0v) is 35.4. The molecule has 288 valence electrons. The molecule has 0 radical (unpaired) electrons. The molecule has 8 heteroatoms. The Morgan fingerprint density at radius 2 is 1.78 bits per heavy atom. The molecule has 2 aliphatic heterocycles. The summed E-state index contributed by atoms with van der Waals surface area (Å²) in [6, 6.07) is 2.38. The highest BCUT2D eigenvalue weighted by Gasteiger charge is 2.51. The maximum atomic E-state index is 12.6. The smallest absolute Gasteiger partial charge is 0.302 e. The van der Waals surface area contributed by atoms with E-state index < -0.39 is 19.5 Å². The van der Waals surface area contributed by atoms with Crippen LogP contribution in [0, 0.1) is 40.4 Å². The van der Waals surface area contributed by atoms with Crippen LogP contribution >= 0.6 is 0 Å². The molecule has 2 fully saturated rings. The lowest BCUT2D eigenvalue weighted by atomic mass is 9.58. The molecule has 51 heavy (non-hydrogen) atoms. The number of hydrogen-bond donors (Lipinski definition) is 0. The monoisotopic (exact) mass is 726 g/mol. The van der Waals surface area contributed by atoms with Gasteiger partial charge in [-0.15, -0.1) is 5.92 Å². The van der Waals surface area contributed by atoms with Gasteiger partial charge in [-0.25, -0.2) is 0 Å². The third-order valence-electron chi connectivity index (χ3n) is 12.3. The summed E-state index contributed by atoms with van der Waals surface area (Å²) in [6.45, 7) is 29.3. The van der Waals surface area contributed by atoms with E-state index in [0.29, 0.717) is 48.4 Å². The van der Waals surface area contributed by atoms with E-state index in [1.165, 1.54) is 23.6 Å². The molecule has 0 aromatic rings. The normalized spacial score (nSPS) is 29.0. The summed E-state index contributed by atoms with van der Waals surface area (Å²) in [5.41, 5.74) is 4.94. The first-order valence-electron chi connectivity index (χ1n) is 19.9. The van der Waals surface area contributed by atoms with Crippen molar-refractivity contribution in [2.45, 2.75) is 195 Å². The highest BCUT2D eigenvalue weighted by molar-refractivity contribution is 6.77. The largest absolute Gasteiger partial charge is 0.462 e. The van der Waals surface area contributed by atoms with Crippen LogP contribution in [0.4, 0.5) is 0 Å². The van der Waals surface area contributed by atoms with Gasteiger partial charge in [0.2, 0.25) is 0 Å². The lowest BCUT2D eigenvalue weighted by molar-refractivity contribution is -0.158. The lowest BCUT2D eigenvalue weighted by Gasteiger charge is -2.48. The van der Waals surface area contributed by atoms with Crippen molar-refractivity contribution in [3.63, 3.8) is 0 Å². The first-order chi connectivity index (χ1) is 24.0. The summed E-state index contributed by atoms with van der Waals surface area (Å²) in [6.07, 6.45) is 9.21. The highest BCUT2D eigenvalue weighted by Crippen LogP contribution is 2.53. The van der Waals surface area contributed by atoms with Crippen molar-refractivity contribution in [2.75, 3.05) is 13.2 Å². The third kappa shape index (κ3) is 10.4. The zero-order chi connectivity index (χ0) is 38.1. The first kappa shape index (κ1) is 43.5. The van der Waals surface area contributed by atoms with Gasteiger partial charge < -0.3 is 23.4 Å². The van der Waals surface area contributed by atoms with Gasteiger partial charge in [-0.1, -0.05) is 66.0 Å². The van der Waals surface area contributed by atoms with Crippen LogP contribution in [0.5, 0.6) is 0 Å². The van der Waals surface area contributed by atoms with E-state index in [4.69, 9.17) is 23.4 Å². The maximum Gasteiger partial charge on any atom is 0.302 e. The number of nitrogens with zero attached hydrogens (tertiary/aromatic N) is 1. The van der Waals surface area contributed by atoms with Crippen molar-refractivity contribution >= 4 is 14.3 Å². The molecule has 7 nitrogen and oxygen atoms in total. The van der Waals surface area contributed by atoms with Gasteiger partial charge in [0.25, 0.3) is 0 Å². The van der Waals surface area contributed by atoms with Gasteiger partial charge in [0.1, 0.15) is 12.2 Å². The van der Waals surface area contributed by atoms with E-state index in [9.17, 15) is 10.1 Å². The number of nitriles is 1. The van der Waals surface area contributed by atoms with Gasteiger partial charge in [-0.3, -0.25) is 4.79 Å². The molecule has 0 aromatic carbocycles. The summed E-state index contributed by atoms with van der Waals surface area (Å²) in [5.74, 6) is 6.06.